The first kappa shape index (κ1) is 47.3. The Morgan fingerprint density at radius 3 is 1.18 bits per heavy atom. The number of nitrogens with one attached hydrogen (secondary N) is 4. The number of halogens is 6. The van der Waals surface area contributed by atoms with Crippen LogP contribution in [-0.2, 0) is 19.2 Å². The van der Waals surface area contributed by atoms with Crippen molar-refractivity contribution in [2.24, 2.45) is 20.5 Å². The zero-order chi connectivity index (χ0) is 45.4. The van der Waals surface area contributed by atoms with E-state index < -0.39 is 47.3 Å². The average Bonchev–Trinajstić information content (AvgIpc) is 3.21. The predicted molar refractivity (Wildman–Crippen MR) is 243 cm³/mol. The van der Waals surface area contributed by atoms with E-state index >= 15 is 0 Å². The summed E-state index contributed by atoms with van der Waals surface area (Å²) < 4.78 is 0. The van der Waals surface area contributed by atoms with E-state index in [9.17, 15) is 28.8 Å². The van der Waals surface area contributed by atoms with Gasteiger partial charge in [0.05, 0.1) is 31.5 Å². The number of carbonyl (C=O) groups is 6. The summed E-state index contributed by atoms with van der Waals surface area (Å²) in [6.45, 7) is 5.81. The molecule has 0 aliphatic rings. The molecule has 5 aromatic rings. The van der Waals surface area contributed by atoms with Gasteiger partial charge in [0.2, 0.25) is 0 Å². The topological polar surface area (TPSA) is 200 Å². The number of anilines is 4. The van der Waals surface area contributed by atoms with Gasteiger partial charge >= 0.3 is 0 Å². The summed E-state index contributed by atoms with van der Waals surface area (Å²) in [6.07, 6.45) is 0. The Hall–Kier alpha value is -5.74. The molecule has 0 saturated heterocycles. The quantitative estimate of drug-likeness (QED) is 0.0622. The van der Waals surface area contributed by atoms with Gasteiger partial charge in [0.1, 0.15) is 11.4 Å². The number of hydrogen-bond donors (Lipinski definition) is 4. The lowest BCUT2D eigenvalue weighted by Crippen LogP contribution is -2.35. The van der Waals surface area contributed by atoms with E-state index in [0.717, 1.165) is 25.0 Å². The molecule has 5 rings (SSSR count). The number of benzene rings is 5. The molecule has 0 spiro atoms. The number of ketones is 2. The summed E-state index contributed by atoms with van der Waals surface area (Å²) in [6, 6.07) is 17.6. The Bertz CT molecular complexity index is 2530. The molecule has 14 nitrogen and oxygen atoms in total. The second kappa shape index (κ2) is 20.9. The van der Waals surface area contributed by atoms with Crippen molar-refractivity contribution < 1.29 is 28.8 Å². The molecule has 2 unspecified atom stereocenters. The largest absolute Gasteiger partial charge is 0.366 e. The third-order valence-electron chi connectivity index (χ3n) is 8.77. The number of nitrogens with zero attached hydrogens (tertiary/aromatic N) is 4. The number of carbonyl (C=O) groups excluding carboxylic acids is 6. The molecule has 0 aliphatic carbocycles. The van der Waals surface area contributed by atoms with Crippen molar-refractivity contribution in [2.75, 3.05) is 21.3 Å². The van der Waals surface area contributed by atoms with Gasteiger partial charge < -0.3 is 21.3 Å². The first-order valence-electron chi connectivity index (χ1n) is 18.0. The van der Waals surface area contributed by atoms with Crippen LogP contribution >= 0.6 is 69.6 Å². The van der Waals surface area contributed by atoms with Gasteiger partial charge in [0.25, 0.3) is 23.6 Å². The molecule has 0 aliphatic heterocycles. The van der Waals surface area contributed by atoms with Gasteiger partial charge in [-0.15, -0.1) is 20.5 Å². The second-order valence-electron chi connectivity index (χ2n) is 13.4. The Balaban J connectivity index is 1.27. The fourth-order valence-electron chi connectivity index (χ4n) is 5.46. The Morgan fingerprint density at radius 1 is 0.468 bits per heavy atom. The smallest absolute Gasteiger partial charge is 0.294 e. The molecule has 4 N–H and O–H groups in total. The summed E-state index contributed by atoms with van der Waals surface area (Å²) >= 11 is 37.6. The van der Waals surface area contributed by atoms with Crippen LogP contribution in [0.15, 0.2) is 105 Å². The SMILES string of the molecule is CC(=O)C(Nc1cc(Cl)c(NC(C(C)=O)C(=O)N=Nc2cc(C(=O)Nc3ccc(Cl)cc3C)ccc2Cl)cc1Cl)C(=O)N=Nc1cc(C(=O)Nc2ccc(Cl)cc2C)ccc1Cl. The van der Waals surface area contributed by atoms with Gasteiger partial charge in [0, 0.05) is 32.5 Å². The molecule has 0 radical (unpaired) electrons. The number of azo groups is 2. The highest BCUT2D eigenvalue weighted by molar-refractivity contribution is 6.37. The molecule has 0 bridgehead atoms. The van der Waals surface area contributed by atoms with Crippen LogP contribution in [0.2, 0.25) is 30.1 Å². The van der Waals surface area contributed by atoms with Crippen LogP contribution in [0.25, 0.3) is 0 Å². The monoisotopic (exact) mass is 954 g/mol. The van der Waals surface area contributed by atoms with Gasteiger partial charge in [0.15, 0.2) is 23.7 Å². The minimum atomic E-state index is -1.60. The van der Waals surface area contributed by atoms with Crippen molar-refractivity contribution in [3.63, 3.8) is 0 Å². The number of amides is 4. The molecule has 0 heterocycles. The van der Waals surface area contributed by atoms with E-state index in [1.807, 2.05) is 0 Å². The van der Waals surface area contributed by atoms with Crippen molar-refractivity contribution in [2.45, 2.75) is 39.8 Å². The lowest BCUT2D eigenvalue weighted by Gasteiger charge is -2.18. The summed E-state index contributed by atoms with van der Waals surface area (Å²) in [7, 11) is 0. The Labute approximate surface area is 384 Å². The molecule has 318 valence electrons. The van der Waals surface area contributed by atoms with Gasteiger partial charge in [-0.05, 0) is 124 Å². The summed E-state index contributed by atoms with van der Waals surface area (Å²) in [4.78, 5) is 77.6. The van der Waals surface area contributed by atoms with E-state index in [1.54, 1.807) is 50.2 Å². The number of rotatable bonds is 14. The van der Waals surface area contributed by atoms with Crippen LogP contribution < -0.4 is 21.3 Å². The van der Waals surface area contributed by atoms with Crippen molar-refractivity contribution in [1.82, 2.24) is 0 Å². The zero-order valence-electron chi connectivity index (χ0n) is 32.7. The fourth-order valence-corrected chi connectivity index (χ4v) is 6.66. The standard InChI is InChI=1S/C42H32Cl6N8O6/c1-19-13-25(43)7-11-31(19)51-39(59)23-5-9-27(45)35(15-23)53-55-41(61)37(21(3)57)49-33-17-30(48)34(18-29(33)47)50-38(22(4)58)42(62)56-54-36-16-24(6-10-28(36)46)40(60)52-32-12-8-26(44)14-20(32)2/h5-18,37-38,49-50H,1-4H3,(H,51,59)(H,52,60). The molecular formula is C42H32Cl6N8O6. The van der Waals surface area contributed by atoms with Crippen molar-refractivity contribution >= 4 is 139 Å². The van der Waals surface area contributed by atoms with Crippen LogP contribution in [0, 0.1) is 13.8 Å². The minimum Gasteiger partial charge on any atom is -0.366 e. The van der Waals surface area contributed by atoms with Crippen LogP contribution in [0.4, 0.5) is 34.1 Å². The van der Waals surface area contributed by atoms with Crippen molar-refractivity contribution in [3.05, 3.63) is 137 Å². The molecule has 62 heavy (non-hydrogen) atoms. The second-order valence-corrected chi connectivity index (χ2v) is 15.9. The van der Waals surface area contributed by atoms with Gasteiger partial charge in [-0.2, -0.15) is 0 Å². The Kier molecular flexibility index (Phi) is 15.9. The molecule has 2 atom stereocenters. The predicted octanol–water partition coefficient (Wildman–Crippen LogP) is 12.1. The third kappa shape index (κ3) is 12.2. The molecule has 0 aromatic heterocycles. The highest BCUT2D eigenvalue weighted by Crippen LogP contribution is 2.35. The van der Waals surface area contributed by atoms with E-state index in [1.165, 1.54) is 48.5 Å². The molecule has 20 heteroatoms. The van der Waals surface area contributed by atoms with Gasteiger partial charge in [-0.1, -0.05) is 69.6 Å². The van der Waals surface area contributed by atoms with E-state index in [-0.39, 0.29) is 54.0 Å². The lowest BCUT2D eigenvalue weighted by atomic mass is 10.1. The molecule has 5 aromatic carbocycles. The van der Waals surface area contributed by atoms with Gasteiger partial charge in [-0.3, -0.25) is 28.8 Å². The van der Waals surface area contributed by atoms with E-state index in [4.69, 9.17) is 69.6 Å². The van der Waals surface area contributed by atoms with Crippen LogP contribution in [0.3, 0.4) is 0 Å². The van der Waals surface area contributed by atoms with E-state index in [0.29, 0.717) is 21.4 Å². The summed E-state index contributed by atoms with van der Waals surface area (Å²) in [5.74, 6) is -4.40. The van der Waals surface area contributed by atoms with E-state index in [2.05, 4.69) is 41.7 Å². The fraction of sp³-hybridized carbons (Fsp3) is 0.143. The first-order chi connectivity index (χ1) is 29.3. The number of Topliss-reactive ketones (excluding diaryl/α,β-unsaturated/α-hetero) is 2. The highest BCUT2D eigenvalue weighted by Gasteiger charge is 2.27. The number of aryl methyl sites for hydroxylation is 2. The molecule has 4 amide bonds. The maximum atomic E-state index is 13.2. The van der Waals surface area contributed by atoms with Crippen LogP contribution in [0.5, 0.6) is 0 Å². The summed E-state index contributed by atoms with van der Waals surface area (Å²) in [5, 5.41) is 27.0. The van der Waals surface area contributed by atoms with Crippen molar-refractivity contribution in [3.8, 4) is 0 Å². The normalized spacial score (nSPS) is 12.2. The van der Waals surface area contributed by atoms with Crippen LogP contribution in [-0.4, -0.2) is 47.3 Å². The first-order valence-corrected chi connectivity index (χ1v) is 20.3. The van der Waals surface area contributed by atoms with Crippen LogP contribution in [0.1, 0.15) is 45.7 Å². The van der Waals surface area contributed by atoms with Crippen molar-refractivity contribution in [1.29, 1.82) is 0 Å². The zero-order valence-corrected chi connectivity index (χ0v) is 37.3. The molecule has 0 saturated carbocycles. The minimum absolute atomic E-state index is 0.00957. The lowest BCUT2D eigenvalue weighted by molar-refractivity contribution is -0.128. The molecular weight excluding hydrogens is 925 g/mol. The van der Waals surface area contributed by atoms with Gasteiger partial charge in [-0.25, -0.2) is 0 Å². The Morgan fingerprint density at radius 2 is 0.839 bits per heavy atom. The average molecular weight is 957 g/mol. The highest BCUT2D eigenvalue weighted by atomic mass is 35.5. The maximum absolute atomic E-state index is 13.2. The maximum Gasteiger partial charge on any atom is 0.294 e. The third-order valence-corrected chi connectivity index (χ3v) is 10.5. The molecule has 0 fully saturated rings. The summed E-state index contributed by atoms with van der Waals surface area (Å²) in [5.41, 5.74) is 2.78. The number of hydrogen-bond acceptors (Lipinski definition) is 10.